The molecule has 1 unspecified atom stereocenters. The minimum Gasteiger partial charge on any atom is -0.461 e. The van der Waals surface area contributed by atoms with Crippen LogP contribution in [-0.4, -0.2) is 74.5 Å². The number of halogens is 7. The molecule has 0 bridgehead atoms. The van der Waals surface area contributed by atoms with E-state index in [1.54, 1.807) is 50.3 Å². The lowest BCUT2D eigenvalue weighted by Gasteiger charge is -2.51. The topological polar surface area (TPSA) is 85.3 Å². The molecular weight excluding hydrogens is 591 g/mol. The van der Waals surface area contributed by atoms with Gasteiger partial charge in [-0.25, -0.2) is 0 Å². The van der Waals surface area contributed by atoms with Gasteiger partial charge in [0.1, 0.15) is 10.0 Å². The first kappa shape index (κ1) is 31.2. The largest absolute Gasteiger partial charge is 0.461 e. The van der Waals surface area contributed by atoms with E-state index in [1.165, 1.54) is 13.8 Å². The van der Waals surface area contributed by atoms with Gasteiger partial charge in [0.05, 0.1) is 12.7 Å². The molecule has 0 aromatic rings. The molecule has 1 fully saturated rings. The summed E-state index contributed by atoms with van der Waals surface area (Å²) in [6.45, 7) is 8.43. The maximum absolute atomic E-state index is 12.9. The minimum atomic E-state index is -5.93. The molecule has 0 amide bonds. The molecule has 0 spiro atoms. The molecule has 0 radical (unpaired) electrons. The fourth-order valence-corrected chi connectivity index (χ4v) is 3.84. The lowest BCUT2D eigenvalue weighted by atomic mass is 9.80. The van der Waals surface area contributed by atoms with Crippen molar-refractivity contribution < 1.29 is 55.3 Å². The maximum Gasteiger partial charge on any atom is 0.411 e. The number of alkyl halides is 7. The molecule has 1 aliphatic rings. The Morgan fingerprint density at radius 3 is 1.82 bits per heavy atom. The van der Waals surface area contributed by atoms with Crippen molar-refractivity contribution >= 4 is 34.5 Å². The van der Waals surface area contributed by atoms with Gasteiger partial charge in [0.15, 0.2) is 6.10 Å². The molecule has 1 aliphatic heterocycles. The molecule has 34 heavy (non-hydrogen) atoms. The Hall–Kier alpha value is -0.870. The zero-order valence-electron chi connectivity index (χ0n) is 19.6. The first-order valence-electron chi connectivity index (χ1n) is 10.3. The number of hydrogen-bond acceptors (Lipinski definition) is 7. The molecule has 0 aromatic carbocycles. The SMILES string of the molecule is CC(C)(I)C(=O)OCC(COC1CC(C)(C)N(O)C(C)(C)C1)OC(=O)C(C(F)(F)F)C(F)(F)F. The summed E-state index contributed by atoms with van der Waals surface area (Å²) in [7, 11) is 0. The number of rotatable bonds is 8. The highest BCUT2D eigenvalue weighted by atomic mass is 127. The zero-order valence-corrected chi connectivity index (χ0v) is 21.8. The Morgan fingerprint density at radius 1 is 1.00 bits per heavy atom. The molecular formula is C20H30F6INO6. The van der Waals surface area contributed by atoms with E-state index in [0.29, 0.717) is 0 Å². The molecule has 1 atom stereocenters. The fourth-order valence-electron chi connectivity index (χ4n) is 3.68. The molecule has 14 heteroatoms. The third-order valence-electron chi connectivity index (χ3n) is 5.18. The minimum absolute atomic E-state index is 0.266. The van der Waals surface area contributed by atoms with E-state index in [-0.39, 0.29) is 12.8 Å². The van der Waals surface area contributed by atoms with Crippen LogP contribution in [0.3, 0.4) is 0 Å². The van der Waals surface area contributed by atoms with Crippen molar-refractivity contribution in [3.63, 3.8) is 0 Å². The lowest BCUT2D eigenvalue weighted by molar-refractivity contribution is -0.285. The van der Waals surface area contributed by atoms with Crippen molar-refractivity contribution in [2.45, 2.75) is 93.4 Å². The van der Waals surface area contributed by atoms with E-state index >= 15 is 0 Å². The Morgan fingerprint density at radius 2 is 1.44 bits per heavy atom. The highest BCUT2D eigenvalue weighted by Gasteiger charge is 2.62. The summed E-state index contributed by atoms with van der Waals surface area (Å²) in [5.74, 6) is -7.73. The van der Waals surface area contributed by atoms with Crippen LogP contribution in [0.15, 0.2) is 0 Å². The van der Waals surface area contributed by atoms with Crippen LogP contribution < -0.4 is 0 Å². The molecule has 200 valence electrons. The number of carbonyl (C=O) groups excluding carboxylic acids is 2. The normalized spacial score (nSPS) is 20.8. The van der Waals surface area contributed by atoms with Gasteiger partial charge in [-0.15, -0.1) is 0 Å². The summed E-state index contributed by atoms with van der Waals surface area (Å²) in [6.07, 6.45) is -13.6. The van der Waals surface area contributed by atoms with E-state index in [9.17, 15) is 41.1 Å². The van der Waals surface area contributed by atoms with Crippen LogP contribution in [0.5, 0.6) is 0 Å². The highest BCUT2D eigenvalue weighted by molar-refractivity contribution is 14.1. The molecule has 0 saturated carbocycles. The number of nitrogens with zero attached hydrogens (tertiary/aromatic N) is 1. The number of esters is 2. The Kier molecular flexibility index (Phi) is 9.74. The van der Waals surface area contributed by atoms with Gasteiger partial charge in [-0.1, -0.05) is 22.6 Å². The predicted octanol–water partition coefficient (Wildman–Crippen LogP) is 4.82. The van der Waals surface area contributed by atoms with Gasteiger partial charge < -0.3 is 19.4 Å². The number of carbonyl (C=O) groups is 2. The quantitative estimate of drug-likeness (QED) is 0.180. The summed E-state index contributed by atoms with van der Waals surface area (Å²) in [5, 5.41) is 11.5. The molecule has 1 heterocycles. The zero-order chi connectivity index (χ0) is 26.9. The van der Waals surface area contributed by atoms with Crippen LogP contribution in [0.4, 0.5) is 26.3 Å². The third kappa shape index (κ3) is 8.66. The van der Waals surface area contributed by atoms with Crippen molar-refractivity contribution in [2.75, 3.05) is 13.2 Å². The van der Waals surface area contributed by atoms with E-state index in [2.05, 4.69) is 4.74 Å². The Labute approximate surface area is 207 Å². The molecule has 1 rings (SSSR count). The summed E-state index contributed by atoms with van der Waals surface area (Å²) < 4.78 is 91.5. The van der Waals surface area contributed by atoms with Gasteiger partial charge in [0, 0.05) is 11.1 Å². The Balaban J connectivity index is 3.03. The molecule has 7 nitrogen and oxygen atoms in total. The van der Waals surface area contributed by atoms with Crippen molar-refractivity contribution in [1.82, 2.24) is 5.06 Å². The van der Waals surface area contributed by atoms with E-state index < -0.39 is 70.1 Å². The van der Waals surface area contributed by atoms with Gasteiger partial charge in [0.2, 0.25) is 5.92 Å². The second-order valence-corrected chi connectivity index (χ2v) is 12.6. The summed E-state index contributed by atoms with van der Waals surface area (Å²) in [5.41, 5.74) is -1.51. The smallest absolute Gasteiger partial charge is 0.411 e. The standard InChI is InChI=1S/C20H30F6INO6/c1-16(2)7-11(8-17(3,4)28(16)31)32-9-12(10-33-15(30)18(5,6)27)34-14(29)13(19(21,22)23)20(24,25)26/h11-13,31H,7-10H2,1-6H3. The van der Waals surface area contributed by atoms with Crippen molar-refractivity contribution in [3.05, 3.63) is 0 Å². The van der Waals surface area contributed by atoms with Crippen molar-refractivity contribution in [3.8, 4) is 0 Å². The molecule has 1 N–H and O–H groups in total. The number of ether oxygens (including phenoxy) is 3. The molecule has 0 aromatic heterocycles. The van der Waals surface area contributed by atoms with Gasteiger partial charge in [-0.05, 0) is 54.4 Å². The van der Waals surface area contributed by atoms with E-state index in [0.717, 1.165) is 5.06 Å². The summed E-state index contributed by atoms with van der Waals surface area (Å²) in [6, 6.07) is 0. The van der Waals surface area contributed by atoms with Gasteiger partial charge >= 0.3 is 24.3 Å². The van der Waals surface area contributed by atoms with Gasteiger partial charge in [-0.3, -0.25) is 9.59 Å². The van der Waals surface area contributed by atoms with Gasteiger partial charge in [-0.2, -0.15) is 31.4 Å². The van der Waals surface area contributed by atoms with Crippen LogP contribution in [0.1, 0.15) is 54.4 Å². The monoisotopic (exact) mass is 621 g/mol. The number of hydrogen-bond donors (Lipinski definition) is 1. The van der Waals surface area contributed by atoms with Crippen molar-refractivity contribution in [1.29, 1.82) is 0 Å². The predicted molar refractivity (Wildman–Crippen MR) is 115 cm³/mol. The van der Waals surface area contributed by atoms with E-state index in [1.807, 2.05) is 0 Å². The molecule has 1 saturated heterocycles. The lowest BCUT2D eigenvalue weighted by Crippen LogP contribution is -2.60. The first-order valence-corrected chi connectivity index (χ1v) is 11.4. The first-order chi connectivity index (χ1) is 15.0. The number of hydroxylamine groups is 2. The highest BCUT2D eigenvalue weighted by Crippen LogP contribution is 2.41. The second kappa shape index (κ2) is 10.6. The Bertz CT molecular complexity index is 703. The maximum atomic E-state index is 12.9. The fraction of sp³-hybridized carbons (Fsp3) is 0.900. The third-order valence-corrected chi connectivity index (χ3v) is 5.62. The van der Waals surface area contributed by atoms with Crippen LogP contribution in [0, 0.1) is 5.92 Å². The molecule has 0 aliphatic carbocycles. The van der Waals surface area contributed by atoms with E-state index in [4.69, 9.17) is 9.47 Å². The average molecular weight is 621 g/mol. The van der Waals surface area contributed by atoms with Crippen LogP contribution in [0.25, 0.3) is 0 Å². The van der Waals surface area contributed by atoms with Crippen LogP contribution in [0.2, 0.25) is 0 Å². The summed E-state index contributed by atoms with van der Waals surface area (Å²) in [4.78, 5) is 23.9. The summed E-state index contributed by atoms with van der Waals surface area (Å²) >= 11 is 1.73. The van der Waals surface area contributed by atoms with Crippen LogP contribution in [-0.2, 0) is 23.8 Å². The van der Waals surface area contributed by atoms with Crippen LogP contribution >= 0.6 is 22.6 Å². The van der Waals surface area contributed by atoms with Gasteiger partial charge in [0.25, 0.3) is 0 Å². The van der Waals surface area contributed by atoms with Crippen molar-refractivity contribution in [2.24, 2.45) is 5.92 Å². The number of piperidine rings is 1. The second-order valence-electron chi connectivity index (χ2n) is 9.95. The average Bonchev–Trinajstić information content (AvgIpc) is 2.57.